The smallest absolute Gasteiger partial charge is 0.338 e. The van der Waals surface area contributed by atoms with Gasteiger partial charge >= 0.3 is 5.97 Å². The number of aromatic nitrogens is 2. The first-order valence-electron chi connectivity index (χ1n) is 11.7. The summed E-state index contributed by atoms with van der Waals surface area (Å²) in [5.74, 6) is 0.259. The molecule has 0 radical (unpaired) electrons. The topological polar surface area (TPSA) is 74.8 Å². The summed E-state index contributed by atoms with van der Waals surface area (Å²) in [7, 11) is 2.01. The van der Waals surface area contributed by atoms with E-state index in [0.29, 0.717) is 27.2 Å². The van der Waals surface area contributed by atoms with Crippen molar-refractivity contribution in [3.63, 3.8) is 0 Å². The summed E-state index contributed by atoms with van der Waals surface area (Å²) in [6, 6.07) is 8.90. The molecule has 1 aromatic carbocycles. The Morgan fingerprint density at radius 3 is 2.46 bits per heavy atom. The van der Waals surface area contributed by atoms with Gasteiger partial charge in [-0.1, -0.05) is 23.5 Å². The van der Waals surface area contributed by atoms with Gasteiger partial charge in [0.15, 0.2) is 4.80 Å². The van der Waals surface area contributed by atoms with Crippen LogP contribution in [0.3, 0.4) is 0 Å². The van der Waals surface area contributed by atoms with Crippen LogP contribution in [0.25, 0.3) is 6.08 Å². The fraction of sp³-hybridized carbons (Fsp3) is 0.370. The Labute approximate surface area is 208 Å². The first kappa shape index (κ1) is 24.7. The molecule has 0 N–H and O–H groups in total. The zero-order valence-electron chi connectivity index (χ0n) is 21.2. The van der Waals surface area contributed by atoms with Crippen LogP contribution in [0.2, 0.25) is 0 Å². The molecule has 35 heavy (non-hydrogen) atoms. The molecule has 0 amide bonds. The lowest BCUT2D eigenvalue weighted by Crippen LogP contribution is -2.40. The van der Waals surface area contributed by atoms with Crippen LogP contribution >= 0.6 is 11.3 Å². The number of carbonyl (C=O) groups is 1. The molecule has 3 aromatic rings. The molecule has 4 rings (SSSR count). The molecule has 0 spiro atoms. The van der Waals surface area contributed by atoms with Gasteiger partial charge in [0.1, 0.15) is 5.75 Å². The zero-order chi connectivity index (χ0) is 25.4. The second-order valence-electron chi connectivity index (χ2n) is 8.92. The number of carbonyl (C=O) groups excluding carboxylic acids is 1. The average molecular weight is 494 g/mol. The van der Waals surface area contributed by atoms with Crippen LogP contribution in [-0.2, 0) is 16.6 Å². The molecule has 1 atom stereocenters. The predicted octanol–water partition coefficient (Wildman–Crippen LogP) is 3.54. The third-order valence-electron chi connectivity index (χ3n) is 6.19. The van der Waals surface area contributed by atoms with Gasteiger partial charge < -0.3 is 14.0 Å². The molecule has 1 unspecified atom stereocenters. The van der Waals surface area contributed by atoms with E-state index in [0.717, 1.165) is 28.3 Å². The van der Waals surface area contributed by atoms with E-state index in [4.69, 9.17) is 9.47 Å². The van der Waals surface area contributed by atoms with Gasteiger partial charge in [0.2, 0.25) is 0 Å². The van der Waals surface area contributed by atoms with Crippen molar-refractivity contribution in [3.05, 3.63) is 83.8 Å². The summed E-state index contributed by atoms with van der Waals surface area (Å²) in [5.41, 5.74) is 4.71. The number of fused-ring (bicyclic) bond motifs is 1. The Hall–Kier alpha value is -3.39. The van der Waals surface area contributed by atoms with Crippen molar-refractivity contribution in [3.8, 4) is 5.75 Å². The Balaban J connectivity index is 1.93. The van der Waals surface area contributed by atoms with E-state index in [-0.39, 0.29) is 11.7 Å². The van der Waals surface area contributed by atoms with Gasteiger partial charge in [-0.05, 0) is 76.9 Å². The average Bonchev–Trinajstić information content (AvgIpc) is 3.23. The lowest BCUT2D eigenvalue weighted by molar-refractivity contribution is -0.143. The maximum absolute atomic E-state index is 13.7. The molecular weight excluding hydrogens is 462 g/mol. The minimum absolute atomic E-state index is 0.184. The number of esters is 1. The third-order valence-corrected chi connectivity index (χ3v) is 7.18. The van der Waals surface area contributed by atoms with Crippen molar-refractivity contribution in [2.75, 3.05) is 6.61 Å². The minimum Gasteiger partial charge on any atom is -0.494 e. The fourth-order valence-corrected chi connectivity index (χ4v) is 5.30. The van der Waals surface area contributed by atoms with Crippen molar-refractivity contribution in [1.82, 2.24) is 9.13 Å². The van der Waals surface area contributed by atoms with Gasteiger partial charge in [0.25, 0.3) is 5.56 Å². The number of hydrogen-bond donors (Lipinski definition) is 0. The van der Waals surface area contributed by atoms with Gasteiger partial charge in [0, 0.05) is 18.4 Å². The number of hydrogen-bond acceptors (Lipinski definition) is 6. The fourth-order valence-electron chi connectivity index (χ4n) is 4.26. The van der Waals surface area contributed by atoms with Crippen molar-refractivity contribution < 1.29 is 14.3 Å². The highest BCUT2D eigenvalue weighted by atomic mass is 32.1. The Kier molecular flexibility index (Phi) is 6.85. The Bertz CT molecular complexity index is 1490. The molecule has 0 saturated heterocycles. The van der Waals surface area contributed by atoms with Crippen molar-refractivity contribution in [2.24, 2.45) is 12.0 Å². The monoisotopic (exact) mass is 493 g/mol. The van der Waals surface area contributed by atoms with Crippen LogP contribution in [0, 0.1) is 13.8 Å². The normalized spacial score (nSPS) is 15.9. The van der Waals surface area contributed by atoms with Gasteiger partial charge in [-0.15, -0.1) is 0 Å². The van der Waals surface area contributed by atoms with Gasteiger partial charge in [-0.2, -0.15) is 0 Å². The van der Waals surface area contributed by atoms with E-state index in [2.05, 4.69) is 15.6 Å². The first-order chi connectivity index (χ1) is 16.6. The second kappa shape index (κ2) is 9.70. The molecule has 0 fully saturated rings. The zero-order valence-corrected chi connectivity index (χ0v) is 22.0. The highest BCUT2D eigenvalue weighted by Crippen LogP contribution is 2.32. The summed E-state index contributed by atoms with van der Waals surface area (Å²) >= 11 is 1.33. The number of nitrogens with zero attached hydrogens (tertiary/aromatic N) is 3. The highest BCUT2D eigenvalue weighted by Gasteiger charge is 2.33. The van der Waals surface area contributed by atoms with E-state index in [1.165, 1.54) is 11.3 Å². The minimum atomic E-state index is -0.645. The van der Waals surface area contributed by atoms with E-state index in [9.17, 15) is 9.59 Å². The highest BCUT2D eigenvalue weighted by molar-refractivity contribution is 7.07. The molecule has 3 heterocycles. The molecule has 1 aliphatic rings. The number of benzene rings is 1. The Morgan fingerprint density at radius 2 is 1.89 bits per heavy atom. The largest absolute Gasteiger partial charge is 0.494 e. The maximum atomic E-state index is 13.7. The molecule has 1 aliphatic heterocycles. The number of rotatable bonds is 6. The number of aryl methyl sites for hydroxylation is 1. The number of thiazole rings is 1. The summed E-state index contributed by atoms with van der Waals surface area (Å²) < 4.78 is 15.4. The first-order valence-corrected chi connectivity index (χ1v) is 12.5. The molecule has 0 bridgehead atoms. The van der Waals surface area contributed by atoms with E-state index in [1.54, 1.807) is 25.3 Å². The molecule has 184 valence electrons. The van der Waals surface area contributed by atoms with Crippen LogP contribution in [-0.4, -0.2) is 27.8 Å². The van der Waals surface area contributed by atoms with Crippen LogP contribution in [0.15, 0.2) is 51.4 Å². The molecular formula is C27H31N3O4S. The van der Waals surface area contributed by atoms with Crippen LogP contribution in [0.1, 0.15) is 56.3 Å². The lowest BCUT2D eigenvalue weighted by atomic mass is 9.96. The second-order valence-corrected chi connectivity index (χ2v) is 9.93. The summed E-state index contributed by atoms with van der Waals surface area (Å²) in [6.45, 7) is 11.9. The third kappa shape index (κ3) is 4.62. The van der Waals surface area contributed by atoms with Gasteiger partial charge in [-0.25, -0.2) is 9.79 Å². The Morgan fingerprint density at radius 1 is 1.20 bits per heavy atom. The predicted molar refractivity (Wildman–Crippen MR) is 137 cm³/mol. The standard InChI is InChI=1S/C27H31N3O4S/c1-8-33-21-11-9-19(10-12-21)24-23(26(32)34-15(2)3)17(5)28-27-30(24)25(31)22(35-27)14-20-13-16(4)29(7)18(20)6/h9-15,24H,8H2,1-7H3/b22-14+. The van der Waals surface area contributed by atoms with Gasteiger partial charge in [-0.3, -0.25) is 9.36 Å². The lowest BCUT2D eigenvalue weighted by Gasteiger charge is -2.25. The molecule has 2 aromatic heterocycles. The molecule has 0 aliphatic carbocycles. The molecule has 0 saturated carbocycles. The summed E-state index contributed by atoms with van der Waals surface area (Å²) in [5, 5.41) is 0. The SMILES string of the molecule is CCOc1ccc(C2C(C(=O)OC(C)C)=C(C)N=c3s/c(=C/c4cc(C)n(C)c4C)c(=O)n32)cc1. The van der Waals surface area contributed by atoms with Crippen LogP contribution in [0.5, 0.6) is 5.75 Å². The van der Waals surface area contributed by atoms with E-state index in [1.807, 2.05) is 58.2 Å². The maximum Gasteiger partial charge on any atom is 0.338 e. The molecule has 8 heteroatoms. The quantitative estimate of drug-likeness (QED) is 0.493. The van der Waals surface area contributed by atoms with Gasteiger partial charge in [0.05, 0.1) is 34.6 Å². The van der Waals surface area contributed by atoms with Crippen molar-refractivity contribution in [1.29, 1.82) is 0 Å². The molecule has 7 nitrogen and oxygen atoms in total. The van der Waals surface area contributed by atoms with Crippen LogP contribution < -0.4 is 19.6 Å². The summed E-state index contributed by atoms with van der Waals surface area (Å²) in [4.78, 5) is 32.2. The van der Waals surface area contributed by atoms with Crippen LogP contribution in [0.4, 0.5) is 0 Å². The summed E-state index contributed by atoms with van der Waals surface area (Å²) in [6.07, 6.45) is 1.62. The van der Waals surface area contributed by atoms with E-state index >= 15 is 0 Å². The number of allylic oxidation sites excluding steroid dienone is 1. The van der Waals surface area contributed by atoms with E-state index < -0.39 is 12.0 Å². The number of ether oxygens (including phenoxy) is 2. The van der Waals surface area contributed by atoms with Crippen molar-refractivity contribution >= 4 is 23.4 Å². The van der Waals surface area contributed by atoms with Crippen molar-refractivity contribution in [2.45, 2.75) is 53.7 Å².